The molecule has 1 aliphatic heterocycles. The van der Waals surface area contributed by atoms with Gasteiger partial charge in [0.25, 0.3) is 0 Å². The Kier molecular flexibility index (Phi) is 5.69. The monoisotopic (exact) mass is 389 g/mol. The van der Waals surface area contributed by atoms with E-state index >= 15 is 0 Å². The Morgan fingerprint density at radius 3 is 2.25 bits per heavy atom. The van der Waals surface area contributed by atoms with Crippen LogP contribution in [-0.2, 0) is 33.3 Å². The van der Waals surface area contributed by atoms with Crippen LogP contribution in [0.2, 0.25) is 0 Å². The van der Waals surface area contributed by atoms with Crippen molar-refractivity contribution in [3.63, 3.8) is 0 Å². The first-order valence-electron chi connectivity index (χ1n) is 8.97. The summed E-state index contributed by atoms with van der Waals surface area (Å²) in [6, 6.07) is 7.81. The van der Waals surface area contributed by atoms with Gasteiger partial charge in [-0.15, -0.1) is 0 Å². The number of hydrogen-bond donors (Lipinski definition) is 0. The third-order valence-corrected chi connectivity index (χ3v) is 4.54. The standard InChI is InChI=1S/C20H23NO7/c1-11-6-5-7-15-8-9-21(17(11)15)20-19(28-14(4)24)18(27-13(3)23)16(10-25-20)26-12(2)22/h5-9,16,18-20H,10H2,1-4H3/t16-,18+,19-,20-/m1/s1. The highest BCUT2D eigenvalue weighted by Crippen LogP contribution is 2.34. The SMILES string of the molecule is CC(=O)O[C@@H]1[C@@H](OC(C)=O)[C@H](OC(C)=O)CO[C@H]1n1ccc2cccc(C)c21. The van der Waals surface area contributed by atoms with Crippen molar-refractivity contribution in [3.8, 4) is 0 Å². The van der Waals surface area contributed by atoms with E-state index in [-0.39, 0.29) is 6.61 Å². The minimum Gasteiger partial charge on any atom is -0.456 e. The number of nitrogens with zero attached hydrogens (tertiary/aromatic N) is 1. The van der Waals surface area contributed by atoms with Crippen LogP contribution in [0.4, 0.5) is 0 Å². The highest BCUT2D eigenvalue weighted by molar-refractivity contribution is 5.83. The number of aryl methyl sites for hydroxylation is 1. The summed E-state index contributed by atoms with van der Waals surface area (Å²) >= 11 is 0. The van der Waals surface area contributed by atoms with Gasteiger partial charge in [-0.3, -0.25) is 14.4 Å². The number of esters is 3. The highest BCUT2D eigenvalue weighted by Gasteiger charge is 2.47. The molecule has 1 aliphatic rings. The summed E-state index contributed by atoms with van der Waals surface area (Å²) in [7, 11) is 0. The molecule has 0 radical (unpaired) electrons. The fourth-order valence-electron chi connectivity index (χ4n) is 3.58. The minimum atomic E-state index is -0.995. The first kappa shape index (κ1) is 19.9. The number of hydrogen-bond acceptors (Lipinski definition) is 7. The van der Waals surface area contributed by atoms with Crippen molar-refractivity contribution >= 4 is 28.8 Å². The Hall–Kier alpha value is -2.87. The van der Waals surface area contributed by atoms with Crippen molar-refractivity contribution in [2.75, 3.05) is 6.61 Å². The van der Waals surface area contributed by atoms with Crippen LogP contribution < -0.4 is 0 Å². The number of benzene rings is 1. The lowest BCUT2D eigenvalue weighted by molar-refractivity contribution is -0.239. The molecule has 8 nitrogen and oxygen atoms in total. The molecule has 1 saturated heterocycles. The van der Waals surface area contributed by atoms with Crippen molar-refractivity contribution in [2.24, 2.45) is 0 Å². The minimum absolute atomic E-state index is 0.00842. The van der Waals surface area contributed by atoms with Crippen LogP contribution in [0.3, 0.4) is 0 Å². The van der Waals surface area contributed by atoms with Crippen molar-refractivity contribution in [3.05, 3.63) is 36.0 Å². The lowest BCUT2D eigenvalue weighted by atomic mass is 10.0. The van der Waals surface area contributed by atoms with Crippen LogP contribution in [0.5, 0.6) is 0 Å². The fourth-order valence-corrected chi connectivity index (χ4v) is 3.58. The van der Waals surface area contributed by atoms with E-state index in [9.17, 15) is 14.4 Å². The maximum Gasteiger partial charge on any atom is 0.303 e. The van der Waals surface area contributed by atoms with E-state index in [4.69, 9.17) is 18.9 Å². The molecule has 0 spiro atoms. The van der Waals surface area contributed by atoms with Gasteiger partial charge in [0.2, 0.25) is 0 Å². The molecule has 150 valence electrons. The predicted octanol–water partition coefficient (Wildman–Crippen LogP) is 2.27. The second-order valence-electron chi connectivity index (χ2n) is 6.76. The smallest absolute Gasteiger partial charge is 0.303 e. The van der Waals surface area contributed by atoms with E-state index in [1.807, 2.05) is 42.0 Å². The van der Waals surface area contributed by atoms with Crippen LogP contribution >= 0.6 is 0 Å². The van der Waals surface area contributed by atoms with Gasteiger partial charge >= 0.3 is 17.9 Å². The summed E-state index contributed by atoms with van der Waals surface area (Å²) in [5.74, 6) is -1.69. The van der Waals surface area contributed by atoms with Crippen LogP contribution in [0.15, 0.2) is 30.5 Å². The summed E-state index contributed by atoms with van der Waals surface area (Å²) in [6.07, 6.45) is -1.79. The van der Waals surface area contributed by atoms with E-state index < -0.39 is 42.4 Å². The average Bonchev–Trinajstić information content (AvgIpc) is 3.02. The number of ether oxygens (including phenoxy) is 4. The largest absolute Gasteiger partial charge is 0.456 e. The molecule has 1 aromatic heterocycles. The molecule has 3 rings (SSSR count). The normalized spacial score (nSPS) is 24.6. The van der Waals surface area contributed by atoms with Gasteiger partial charge < -0.3 is 23.5 Å². The summed E-state index contributed by atoms with van der Waals surface area (Å²) in [5, 5.41) is 0.997. The first-order chi connectivity index (χ1) is 13.3. The lowest BCUT2D eigenvalue weighted by Gasteiger charge is -2.41. The molecule has 0 amide bonds. The molecule has 8 heteroatoms. The van der Waals surface area contributed by atoms with Gasteiger partial charge in [-0.2, -0.15) is 0 Å². The molecular weight excluding hydrogens is 366 g/mol. The molecule has 0 bridgehead atoms. The maximum atomic E-state index is 11.8. The Balaban J connectivity index is 2.05. The molecule has 2 heterocycles. The van der Waals surface area contributed by atoms with E-state index in [0.717, 1.165) is 16.5 Å². The van der Waals surface area contributed by atoms with E-state index in [1.165, 1.54) is 20.8 Å². The molecule has 1 aromatic carbocycles. The van der Waals surface area contributed by atoms with Gasteiger partial charge in [-0.05, 0) is 23.9 Å². The Labute approximate surface area is 162 Å². The number of carbonyl (C=O) groups is 3. The van der Waals surface area contributed by atoms with Crippen molar-refractivity contribution < 1.29 is 33.3 Å². The number of para-hydroxylation sites is 1. The maximum absolute atomic E-state index is 11.8. The van der Waals surface area contributed by atoms with Crippen LogP contribution in [-0.4, -0.2) is 47.4 Å². The summed E-state index contributed by atoms with van der Waals surface area (Å²) in [4.78, 5) is 34.9. The molecule has 2 aromatic rings. The number of fused-ring (bicyclic) bond motifs is 1. The zero-order chi connectivity index (χ0) is 20.4. The molecule has 1 fully saturated rings. The third kappa shape index (κ3) is 4.01. The van der Waals surface area contributed by atoms with E-state index in [2.05, 4.69) is 0 Å². The van der Waals surface area contributed by atoms with Crippen molar-refractivity contribution in [2.45, 2.75) is 52.2 Å². The molecule has 28 heavy (non-hydrogen) atoms. The van der Waals surface area contributed by atoms with Gasteiger partial charge in [-0.25, -0.2) is 0 Å². The van der Waals surface area contributed by atoms with Gasteiger partial charge in [0.15, 0.2) is 24.5 Å². The van der Waals surface area contributed by atoms with Gasteiger partial charge in [0, 0.05) is 27.0 Å². The van der Waals surface area contributed by atoms with E-state index in [0.29, 0.717) is 0 Å². The molecular formula is C20H23NO7. The van der Waals surface area contributed by atoms with E-state index in [1.54, 1.807) is 0 Å². The predicted molar refractivity (Wildman–Crippen MR) is 98.3 cm³/mol. The second kappa shape index (κ2) is 8.02. The third-order valence-electron chi connectivity index (χ3n) is 4.54. The molecule has 0 unspecified atom stereocenters. The molecule has 0 aliphatic carbocycles. The lowest BCUT2D eigenvalue weighted by Crippen LogP contribution is -2.55. The Bertz CT molecular complexity index is 903. The number of rotatable bonds is 4. The molecule has 0 saturated carbocycles. The topological polar surface area (TPSA) is 93.1 Å². The fraction of sp³-hybridized carbons (Fsp3) is 0.450. The van der Waals surface area contributed by atoms with Crippen LogP contribution in [0.25, 0.3) is 10.9 Å². The molecule has 0 N–H and O–H groups in total. The summed E-state index contributed by atoms with van der Waals surface area (Å²) < 4.78 is 23.9. The second-order valence-corrected chi connectivity index (χ2v) is 6.76. The van der Waals surface area contributed by atoms with Crippen molar-refractivity contribution in [1.29, 1.82) is 0 Å². The van der Waals surface area contributed by atoms with Gasteiger partial charge in [0.1, 0.15) is 0 Å². The van der Waals surface area contributed by atoms with Gasteiger partial charge in [0.05, 0.1) is 12.1 Å². The summed E-state index contributed by atoms with van der Waals surface area (Å²) in [5.41, 5.74) is 1.93. The quantitative estimate of drug-likeness (QED) is 0.585. The summed E-state index contributed by atoms with van der Waals surface area (Å²) in [6.45, 7) is 5.71. The Morgan fingerprint density at radius 2 is 1.61 bits per heavy atom. The van der Waals surface area contributed by atoms with Gasteiger partial charge in [-0.1, -0.05) is 18.2 Å². The zero-order valence-electron chi connectivity index (χ0n) is 16.2. The molecule has 4 atom stereocenters. The zero-order valence-corrected chi connectivity index (χ0v) is 16.2. The number of aromatic nitrogens is 1. The van der Waals surface area contributed by atoms with Crippen LogP contribution in [0.1, 0.15) is 32.6 Å². The Morgan fingerprint density at radius 1 is 0.964 bits per heavy atom. The first-order valence-corrected chi connectivity index (χ1v) is 8.97. The van der Waals surface area contributed by atoms with Crippen LogP contribution in [0, 0.1) is 6.92 Å². The number of carbonyl (C=O) groups excluding carboxylic acids is 3. The highest BCUT2D eigenvalue weighted by atomic mass is 16.6. The average molecular weight is 389 g/mol. The van der Waals surface area contributed by atoms with Crippen molar-refractivity contribution in [1.82, 2.24) is 4.57 Å².